The first-order valence-electron chi connectivity index (χ1n) is 7.53. The molecule has 4 nitrogen and oxygen atoms in total. The molecule has 0 bridgehead atoms. The zero-order valence-corrected chi connectivity index (χ0v) is 13.4. The first kappa shape index (κ1) is 14.6. The SMILES string of the molecule is Cc1c(C)n(Cc2ccccc2)c2nc(C(C)C)oc(=O)c12. The minimum atomic E-state index is -0.291. The Hall–Kier alpha value is -2.36. The summed E-state index contributed by atoms with van der Waals surface area (Å²) < 4.78 is 7.47. The standard InChI is InChI=1S/C18H20N2O2/c1-11(2)17-19-16-15(18(21)22-17)12(3)13(4)20(16)10-14-8-6-5-7-9-14/h5-9,11H,10H2,1-4H3. The molecule has 0 fully saturated rings. The van der Waals surface area contributed by atoms with Crippen molar-refractivity contribution in [1.82, 2.24) is 9.55 Å². The summed E-state index contributed by atoms with van der Waals surface area (Å²) in [6.45, 7) is 8.62. The summed E-state index contributed by atoms with van der Waals surface area (Å²) in [7, 11) is 0. The van der Waals surface area contributed by atoms with E-state index in [4.69, 9.17) is 4.42 Å². The van der Waals surface area contributed by atoms with Gasteiger partial charge in [-0.3, -0.25) is 0 Å². The van der Waals surface area contributed by atoms with Crippen molar-refractivity contribution in [3.8, 4) is 0 Å². The molecule has 1 aromatic carbocycles. The van der Waals surface area contributed by atoms with Crippen LogP contribution in [0.3, 0.4) is 0 Å². The third-order valence-electron chi connectivity index (χ3n) is 4.10. The van der Waals surface area contributed by atoms with Gasteiger partial charge in [-0.25, -0.2) is 4.79 Å². The largest absolute Gasteiger partial charge is 0.407 e. The highest BCUT2D eigenvalue weighted by atomic mass is 16.4. The van der Waals surface area contributed by atoms with E-state index in [9.17, 15) is 4.79 Å². The number of rotatable bonds is 3. The first-order valence-corrected chi connectivity index (χ1v) is 7.53. The Kier molecular flexibility index (Phi) is 3.61. The summed E-state index contributed by atoms with van der Waals surface area (Å²) in [5, 5.41) is 0.595. The van der Waals surface area contributed by atoms with Gasteiger partial charge in [0.15, 0.2) is 5.65 Å². The van der Waals surface area contributed by atoms with E-state index < -0.39 is 0 Å². The zero-order chi connectivity index (χ0) is 15.9. The number of aryl methyl sites for hydroxylation is 1. The van der Waals surface area contributed by atoms with Crippen molar-refractivity contribution >= 4 is 11.0 Å². The lowest BCUT2D eigenvalue weighted by Gasteiger charge is -2.09. The molecule has 3 rings (SSSR count). The van der Waals surface area contributed by atoms with Crippen molar-refractivity contribution in [1.29, 1.82) is 0 Å². The summed E-state index contributed by atoms with van der Waals surface area (Å²) in [6.07, 6.45) is 0. The van der Waals surface area contributed by atoms with Crippen LogP contribution >= 0.6 is 0 Å². The number of aromatic nitrogens is 2. The van der Waals surface area contributed by atoms with E-state index >= 15 is 0 Å². The highest BCUT2D eigenvalue weighted by Crippen LogP contribution is 2.24. The number of fused-ring (bicyclic) bond motifs is 1. The third-order valence-corrected chi connectivity index (χ3v) is 4.10. The summed E-state index contributed by atoms with van der Waals surface area (Å²) in [6, 6.07) is 10.2. The molecule has 0 N–H and O–H groups in total. The second-order valence-corrected chi connectivity index (χ2v) is 5.98. The van der Waals surface area contributed by atoms with Crippen LogP contribution in [0.5, 0.6) is 0 Å². The van der Waals surface area contributed by atoms with Crippen molar-refractivity contribution < 1.29 is 4.42 Å². The Labute approximate surface area is 129 Å². The molecule has 0 amide bonds. The Bertz CT molecular complexity index is 873. The molecule has 0 atom stereocenters. The molecule has 0 aliphatic carbocycles. The Morgan fingerprint density at radius 2 is 1.86 bits per heavy atom. The lowest BCUT2D eigenvalue weighted by molar-refractivity contribution is 0.423. The summed E-state index contributed by atoms with van der Waals surface area (Å²) >= 11 is 0. The zero-order valence-electron chi connectivity index (χ0n) is 13.4. The molecule has 4 heteroatoms. The van der Waals surface area contributed by atoms with E-state index in [-0.39, 0.29) is 11.5 Å². The molecule has 0 aliphatic rings. The van der Waals surface area contributed by atoms with Crippen LogP contribution in [-0.4, -0.2) is 9.55 Å². The minimum absolute atomic E-state index is 0.0813. The van der Waals surface area contributed by atoms with E-state index in [2.05, 4.69) is 21.7 Å². The fourth-order valence-electron chi connectivity index (χ4n) is 2.69. The molecule has 2 heterocycles. The summed E-state index contributed by atoms with van der Waals surface area (Å²) in [5.74, 6) is 0.571. The summed E-state index contributed by atoms with van der Waals surface area (Å²) in [5.41, 5.74) is 3.62. The van der Waals surface area contributed by atoms with Crippen LogP contribution in [0, 0.1) is 13.8 Å². The van der Waals surface area contributed by atoms with Gasteiger partial charge < -0.3 is 8.98 Å². The average Bonchev–Trinajstić information content (AvgIpc) is 2.73. The maximum absolute atomic E-state index is 12.3. The van der Waals surface area contributed by atoms with Gasteiger partial charge in [0.25, 0.3) is 0 Å². The Balaban J connectivity index is 2.25. The van der Waals surface area contributed by atoms with Crippen molar-refractivity contribution in [2.75, 3.05) is 0 Å². The smallest absolute Gasteiger partial charge is 0.348 e. The molecule has 2 aromatic heterocycles. The Morgan fingerprint density at radius 1 is 1.18 bits per heavy atom. The number of hydrogen-bond donors (Lipinski definition) is 0. The maximum Gasteiger partial charge on any atom is 0.348 e. The van der Waals surface area contributed by atoms with E-state index in [1.54, 1.807) is 0 Å². The van der Waals surface area contributed by atoms with Crippen molar-refractivity contribution in [3.63, 3.8) is 0 Å². The van der Waals surface area contributed by atoms with Gasteiger partial charge >= 0.3 is 5.63 Å². The Morgan fingerprint density at radius 3 is 2.50 bits per heavy atom. The molecule has 0 spiro atoms. The molecule has 0 saturated heterocycles. The van der Waals surface area contributed by atoms with Crippen molar-refractivity contribution in [2.24, 2.45) is 0 Å². The fourth-order valence-corrected chi connectivity index (χ4v) is 2.69. The lowest BCUT2D eigenvalue weighted by atomic mass is 10.2. The molecule has 114 valence electrons. The van der Waals surface area contributed by atoms with Gasteiger partial charge in [0.2, 0.25) is 5.89 Å². The monoisotopic (exact) mass is 296 g/mol. The first-order chi connectivity index (χ1) is 10.5. The van der Waals surface area contributed by atoms with Gasteiger partial charge in [-0.2, -0.15) is 4.98 Å². The maximum atomic E-state index is 12.3. The van der Waals surface area contributed by atoms with E-state index in [1.807, 2.05) is 45.9 Å². The fraction of sp³-hybridized carbons (Fsp3) is 0.333. The van der Waals surface area contributed by atoms with E-state index in [0.29, 0.717) is 17.8 Å². The van der Waals surface area contributed by atoms with E-state index in [1.165, 1.54) is 5.56 Å². The van der Waals surface area contributed by atoms with Crippen LogP contribution in [0.15, 0.2) is 39.5 Å². The quantitative estimate of drug-likeness (QED) is 0.739. The second kappa shape index (κ2) is 5.44. The normalized spacial score (nSPS) is 11.5. The molecule has 0 unspecified atom stereocenters. The molecule has 0 aliphatic heterocycles. The van der Waals surface area contributed by atoms with Crippen LogP contribution in [0.25, 0.3) is 11.0 Å². The highest BCUT2D eigenvalue weighted by Gasteiger charge is 2.19. The topological polar surface area (TPSA) is 48.0 Å². The van der Waals surface area contributed by atoms with Crippen molar-refractivity contribution in [3.05, 3.63) is 63.5 Å². The predicted molar refractivity (Wildman–Crippen MR) is 87.4 cm³/mol. The highest BCUT2D eigenvalue weighted by molar-refractivity contribution is 5.80. The molecule has 3 aromatic rings. The van der Waals surface area contributed by atoms with Gasteiger partial charge in [-0.1, -0.05) is 44.2 Å². The van der Waals surface area contributed by atoms with Crippen molar-refractivity contribution in [2.45, 2.75) is 40.2 Å². The molecule has 0 radical (unpaired) electrons. The van der Waals surface area contributed by atoms with Crippen LogP contribution < -0.4 is 5.63 Å². The third kappa shape index (κ3) is 2.34. The van der Waals surface area contributed by atoms with Gasteiger partial charge in [0, 0.05) is 18.2 Å². The minimum Gasteiger partial charge on any atom is -0.407 e. The lowest BCUT2D eigenvalue weighted by Crippen LogP contribution is -2.09. The molecular weight excluding hydrogens is 276 g/mol. The second-order valence-electron chi connectivity index (χ2n) is 5.98. The average molecular weight is 296 g/mol. The molecule has 22 heavy (non-hydrogen) atoms. The van der Waals surface area contributed by atoms with Gasteiger partial charge in [-0.15, -0.1) is 0 Å². The number of hydrogen-bond acceptors (Lipinski definition) is 3. The van der Waals surface area contributed by atoms with Crippen LogP contribution in [-0.2, 0) is 6.54 Å². The van der Waals surface area contributed by atoms with Crippen LogP contribution in [0.1, 0.15) is 42.5 Å². The van der Waals surface area contributed by atoms with Gasteiger partial charge in [0.05, 0.1) is 0 Å². The van der Waals surface area contributed by atoms with Crippen LogP contribution in [0.4, 0.5) is 0 Å². The summed E-state index contributed by atoms with van der Waals surface area (Å²) in [4.78, 5) is 16.9. The molecule has 0 saturated carbocycles. The van der Waals surface area contributed by atoms with Gasteiger partial charge in [-0.05, 0) is 25.0 Å². The number of benzene rings is 1. The van der Waals surface area contributed by atoms with Gasteiger partial charge in [0.1, 0.15) is 5.39 Å². The van der Waals surface area contributed by atoms with E-state index in [0.717, 1.165) is 16.9 Å². The molecular formula is C18H20N2O2. The predicted octanol–water partition coefficient (Wildman–Crippen LogP) is 3.78. The number of nitrogens with zero attached hydrogens (tertiary/aromatic N) is 2. The van der Waals surface area contributed by atoms with Crippen LogP contribution in [0.2, 0.25) is 0 Å².